The number of hydrogen-bond acceptors (Lipinski definition) is 2. The molecular formula is C11H12Cl2INO2. The first-order chi connectivity index (χ1) is 8.15. The van der Waals surface area contributed by atoms with Gasteiger partial charge in [0.25, 0.3) is 5.91 Å². The van der Waals surface area contributed by atoms with Gasteiger partial charge in [-0.15, -0.1) is 11.6 Å². The highest BCUT2D eigenvalue weighted by atomic mass is 127. The highest BCUT2D eigenvalue weighted by Gasteiger charge is 2.06. The van der Waals surface area contributed by atoms with Gasteiger partial charge in [-0.3, -0.25) is 4.79 Å². The predicted octanol–water partition coefficient (Wildman–Crippen LogP) is 2.93. The van der Waals surface area contributed by atoms with Crippen molar-refractivity contribution in [1.29, 1.82) is 0 Å². The molecule has 0 bridgehead atoms. The molecule has 94 valence electrons. The first kappa shape index (κ1) is 15.0. The van der Waals surface area contributed by atoms with Crippen LogP contribution < -0.4 is 5.32 Å². The van der Waals surface area contributed by atoms with Crippen LogP contribution in [0.1, 0.15) is 10.4 Å². The van der Waals surface area contributed by atoms with E-state index in [1.807, 2.05) is 6.07 Å². The summed E-state index contributed by atoms with van der Waals surface area (Å²) in [4.78, 5) is 11.7. The average molecular weight is 388 g/mol. The summed E-state index contributed by atoms with van der Waals surface area (Å²) < 4.78 is 6.06. The summed E-state index contributed by atoms with van der Waals surface area (Å²) in [6.07, 6.45) is 0. The van der Waals surface area contributed by atoms with Crippen molar-refractivity contribution in [3.63, 3.8) is 0 Å². The van der Waals surface area contributed by atoms with Crippen molar-refractivity contribution in [2.45, 2.75) is 0 Å². The molecule has 6 heteroatoms. The average Bonchev–Trinajstić information content (AvgIpc) is 2.32. The van der Waals surface area contributed by atoms with Crippen LogP contribution in [0.5, 0.6) is 0 Å². The van der Waals surface area contributed by atoms with Crippen LogP contribution in [0.15, 0.2) is 18.2 Å². The van der Waals surface area contributed by atoms with Crippen LogP contribution in [-0.4, -0.2) is 31.5 Å². The van der Waals surface area contributed by atoms with Gasteiger partial charge in [0, 0.05) is 21.6 Å². The van der Waals surface area contributed by atoms with Gasteiger partial charge in [-0.25, -0.2) is 0 Å². The first-order valence-electron chi connectivity index (χ1n) is 5.02. The van der Waals surface area contributed by atoms with Gasteiger partial charge in [-0.2, -0.15) is 0 Å². The Labute approximate surface area is 124 Å². The van der Waals surface area contributed by atoms with E-state index in [1.165, 1.54) is 0 Å². The number of benzene rings is 1. The van der Waals surface area contributed by atoms with Crippen molar-refractivity contribution >= 4 is 51.7 Å². The summed E-state index contributed by atoms with van der Waals surface area (Å²) in [5, 5.41) is 3.32. The number of halogens is 3. The minimum absolute atomic E-state index is 0.155. The van der Waals surface area contributed by atoms with Crippen LogP contribution in [0.25, 0.3) is 0 Å². The summed E-state index contributed by atoms with van der Waals surface area (Å²) in [5.74, 6) is 0.304. The fraction of sp³-hybridized carbons (Fsp3) is 0.364. The van der Waals surface area contributed by atoms with E-state index >= 15 is 0 Å². The molecule has 3 nitrogen and oxygen atoms in total. The Bertz CT molecular complexity index is 388. The minimum atomic E-state index is -0.155. The molecule has 0 aromatic heterocycles. The lowest BCUT2D eigenvalue weighted by atomic mass is 10.2. The van der Waals surface area contributed by atoms with E-state index in [2.05, 4.69) is 27.9 Å². The normalized spacial score (nSPS) is 10.3. The Morgan fingerprint density at radius 3 is 2.82 bits per heavy atom. The molecule has 0 heterocycles. The van der Waals surface area contributed by atoms with E-state index in [-0.39, 0.29) is 5.91 Å². The van der Waals surface area contributed by atoms with Gasteiger partial charge in [0.05, 0.1) is 18.2 Å². The van der Waals surface area contributed by atoms with Crippen LogP contribution in [0.4, 0.5) is 0 Å². The van der Waals surface area contributed by atoms with Crippen molar-refractivity contribution in [1.82, 2.24) is 5.32 Å². The van der Waals surface area contributed by atoms with Crippen LogP contribution in [-0.2, 0) is 4.74 Å². The Morgan fingerprint density at radius 1 is 1.41 bits per heavy atom. The lowest BCUT2D eigenvalue weighted by Crippen LogP contribution is -2.27. The van der Waals surface area contributed by atoms with Crippen molar-refractivity contribution in [2.24, 2.45) is 0 Å². The fourth-order valence-electron chi connectivity index (χ4n) is 1.13. The van der Waals surface area contributed by atoms with Crippen molar-refractivity contribution in [2.75, 3.05) is 25.6 Å². The second-order valence-corrected chi connectivity index (χ2v) is 5.13. The lowest BCUT2D eigenvalue weighted by Gasteiger charge is -2.06. The minimum Gasteiger partial charge on any atom is -0.378 e. The molecular weight excluding hydrogens is 376 g/mol. The molecule has 1 rings (SSSR count). The molecule has 0 aliphatic rings. The zero-order valence-corrected chi connectivity index (χ0v) is 12.7. The highest BCUT2D eigenvalue weighted by Crippen LogP contribution is 2.19. The Morgan fingerprint density at radius 2 is 2.18 bits per heavy atom. The van der Waals surface area contributed by atoms with Crippen LogP contribution in [0, 0.1) is 3.57 Å². The number of nitrogens with one attached hydrogen (secondary N) is 1. The fourth-order valence-corrected chi connectivity index (χ4v) is 1.76. The number of carbonyl (C=O) groups excluding carboxylic acids is 1. The van der Waals surface area contributed by atoms with Gasteiger partial charge in [0.2, 0.25) is 0 Å². The first-order valence-corrected chi connectivity index (χ1v) is 7.01. The zero-order chi connectivity index (χ0) is 12.7. The molecule has 1 aromatic carbocycles. The van der Waals surface area contributed by atoms with E-state index in [9.17, 15) is 4.79 Å². The van der Waals surface area contributed by atoms with E-state index in [1.54, 1.807) is 12.1 Å². The molecule has 1 N–H and O–H groups in total. The van der Waals surface area contributed by atoms with E-state index < -0.39 is 0 Å². The molecule has 1 amide bonds. The van der Waals surface area contributed by atoms with Crippen LogP contribution in [0.3, 0.4) is 0 Å². The third kappa shape index (κ3) is 5.42. The number of ether oxygens (including phenoxy) is 1. The molecule has 0 radical (unpaired) electrons. The van der Waals surface area contributed by atoms with E-state index in [0.717, 1.165) is 3.57 Å². The number of alkyl halides is 1. The summed E-state index contributed by atoms with van der Waals surface area (Å²) in [5.41, 5.74) is 0.549. The largest absolute Gasteiger partial charge is 0.378 e. The van der Waals surface area contributed by atoms with Crippen molar-refractivity contribution < 1.29 is 9.53 Å². The lowest BCUT2D eigenvalue weighted by molar-refractivity contribution is 0.0923. The van der Waals surface area contributed by atoms with Gasteiger partial charge in [0.1, 0.15) is 0 Å². The Hall–Kier alpha value is -0.0400. The standard InChI is InChI=1S/C11H12Cl2INO2/c12-3-5-17-6-4-15-11(16)8-1-2-10(14)9(13)7-8/h1-2,7H,3-6H2,(H,15,16). The third-order valence-electron chi connectivity index (χ3n) is 1.94. The number of amides is 1. The second kappa shape index (κ2) is 8.13. The van der Waals surface area contributed by atoms with Crippen molar-refractivity contribution in [3.05, 3.63) is 32.4 Å². The van der Waals surface area contributed by atoms with Gasteiger partial charge < -0.3 is 10.1 Å². The molecule has 0 unspecified atom stereocenters. The summed E-state index contributed by atoms with van der Waals surface area (Å²) in [6, 6.07) is 5.20. The Kier molecular flexibility index (Phi) is 7.18. The SMILES string of the molecule is O=C(NCCOCCCl)c1ccc(I)c(Cl)c1. The second-order valence-electron chi connectivity index (χ2n) is 3.19. The zero-order valence-electron chi connectivity index (χ0n) is 9.01. The molecule has 0 saturated heterocycles. The third-order valence-corrected chi connectivity index (χ3v) is 3.66. The molecule has 0 aliphatic carbocycles. The van der Waals surface area contributed by atoms with E-state index in [0.29, 0.717) is 36.2 Å². The summed E-state index contributed by atoms with van der Waals surface area (Å²) in [7, 11) is 0. The molecule has 1 aromatic rings. The molecule has 0 atom stereocenters. The maximum atomic E-state index is 11.7. The van der Waals surface area contributed by atoms with Gasteiger partial charge in [0.15, 0.2) is 0 Å². The number of hydrogen-bond donors (Lipinski definition) is 1. The smallest absolute Gasteiger partial charge is 0.251 e. The maximum absolute atomic E-state index is 11.7. The molecule has 0 spiro atoms. The van der Waals surface area contributed by atoms with Crippen LogP contribution >= 0.6 is 45.8 Å². The van der Waals surface area contributed by atoms with Crippen molar-refractivity contribution in [3.8, 4) is 0 Å². The number of carbonyl (C=O) groups is 1. The van der Waals surface area contributed by atoms with Crippen LogP contribution in [0.2, 0.25) is 5.02 Å². The molecule has 17 heavy (non-hydrogen) atoms. The molecule has 0 aliphatic heterocycles. The quantitative estimate of drug-likeness (QED) is 0.463. The summed E-state index contributed by atoms with van der Waals surface area (Å²) in [6.45, 7) is 1.41. The topological polar surface area (TPSA) is 38.3 Å². The Balaban J connectivity index is 2.39. The van der Waals surface area contributed by atoms with Gasteiger partial charge >= 0.3 is 0 Å². The van der Waals surface area contributed by atoms with Gasteiger partial charge in [-0.05, 0) is 40.8 Å². The monoisotopic (exact) mass is 387 g/mol. The number of rotatable bonds is 6. The predicted molar refractivity (Wildman–Crippen MR) is 78.0 cm³/mol. The maximum Gasteiger partial charge on any atom is 0.251 e. The molecule has 0 fully saturated rings. The van der Waals surface area contributed by atoms with Gasteiger partial charge in [-0.1, -0.05) is 11.6 Å². The summed E-state index contributed by atoms with van der Waals surface area (Å²) >= 11 is 13.5. The highest BCUT2D eigenvalue weighted by molar-refractivity contribution is 14.1. The molecule has 0 saturated carbocycles. The van der Waals surface area contributed by atoms with E-state index in [4.69, 9.17) is 27.9 Å².